The van der Waals surface area contributed by atoms with Crippen LogP contribution in [0, 0.1) is 5.92 Å². The molecule has 0 saturated heterocycles. The van der Waals surface area contributed by atoms with Crippen molar-refractivity contribution < 1.29 is 0 Å². The van der Waals surface area contributed by atoms with Gasteiger partial charge in [0.05, 0.1) is 0 Å². The first-order valence-electron chi connectivity index (χ1n) is 7.19. The van der Waals surface area contributed by atoms with E-state index in [9.17, 15) is 0 Å². The summed E-state index contributed by atoms with van der Waals surface area (Å²) in [5.74, 6) is 0.513. The first kappa shape index (κ1) is 11.5. The van der Waals surface area contributed by atoms with Gasteiger partial charge in [-0.3, -0.25) is 0 Å². The van der Waals surface area contributed by atoms with Crippen LogP contribution in [0.3, 0.4) is 0 Å². The molecule has 2 aliphatic heterocycles. The van der Waals surface area contributed by atoms with Crippen molar-refractivity contribution in [3.8, 4) is 0 Å². The van der Waals surface area contributed by atoms with E-state index in [1.165, 1.54) is 22.4 Å². The van der Waals surface area contributed by atoms with Crippen molar-refractivity contribution in [1.82, 2.24) is 0 Å². The molecule has 98 valence electrons. The lowest BCUT2D eigenvalue weighted by atomic mass is 9.83. The molecule has 0 unspecified atom stereocenters. The van der Waals surface area contributed by atoms with Gasteiger partial charge in [-0.2, -0.15) is 0 Å². The number of rotatable bonds is 1. The number of fused-ring (bicyclic) bond motifs is 4. The van der Waals surface area contributed by atoms with Gasteiger partial charge in [-0.25, -0.2) is 0 Å². The van der Waals surface area contributed by atoms with Crippen LogP contribution in [0.2, 0.25) is 0 Å². The zero-order chi connectivity index (χ0) is 13.4. The predicted molar refractivity (Wildman–Crippen MR) is 85.6 cm³/mol. The maximum atomic E-state index is 2.47. The average Bonchev–Trinajstić information content (AvgIpc) is 2.53. The van der Waals surface area contributed by atoms with E-state index in [2.05, 4.69) is 77.7 Å². The van der Waals surface area contributed by atoms with Crippen molar-refractivity contribution in [3.63, 3.8) is 0 Å². The van der Waals surface area contributed by atoms with Gasteiger partial charge in [-0.15, -0.1) is 0 Å². The number of anilines is 1. The maximum Gasteiger partial charge on any atom is 0.0445 e. The normalized spacial score (nSPS) is 21.9. The van der Waals surface area contributed by atoms with Crippen LogP contribution in [0.15, 0.2) is 66.7 Å². The lowest BCUT2D eigenvalue weighted by molar-refractivity contribution is 0.708. The van der Waals surface area contributed by atoms with Crippen molar-refractivity contribution >= 4 is 17.3 Å². The second-order valence-electron chi connectivity index (χ2n) is 5.47. The Balaban J connectivity index is 1.88. The highest BCUT2D eigenvalue weighted by Gasteiger charge is 2.28. The first-order valence-corrected chi connectivity index (χ1v) is 7.19. The van der Waals surface area contributed by atoms with E-state index in [1.54, 1.807) is 0 Å². The minimum Gasteiger partial charge on any atom is -0.366 e. The van der Waals surface area contributed by atoms with Crippen LogP contribution in [0.5, 0.6) is 0 Å². The minimum absolute atomic E-state index is 0.513. The lowest BCUT2D eigenvalue weighted by Gasteiger charge is -2.39. The molecule has 20 heavy (non-hydrogen) atoms. The fourth-order valence-corrected chi connectivity index (χ4v) is 3.23. The summed E-state index contributed by atoms with van der Waals surface area (Å²) in [6, 6.07) is 19.4. The van der Waals surface area contributed by atoms with Crippen molar-refractivity contribution in [3.05, 3.63) is 77.9 Å². The number of nitrogens with zero attached hydrogens (tertiary/aromatic N) is 1. The summed E-state index contributed by atoms with van der Waals surface area (Å²) >= 11 is 0. The summed E-state index contributed by atoms with van der Waals surface area (Å²) in [5, 5.41) is 0. The standard InChI is InChI=1S/C19H17N/c1-2-7-15(8-3-1)13-18-16-9-6-12-20(14-16)19-11-5-4-10-17(18)19/h1-11,13,16H,12,14H2/b18-13+/t16-/m0/s1. The largest absolute Gasteiger partial charge is 0.366 e. The third-order valence-corrected chi connectivity index (χ3v) is 4.19. The van der Waals surface area contributed by atoms with E-state index in [0.717, 1.165) is 13.1 Å². The van der Waals surface area contributed by atoms with Crippen LogP contribution >= 0.6 is 0 Å². The highest BCUT2D eigenvalue weighted by atomic mass is 15.1. The molecule has 4 rings (SSSR count). The molecule has 2 aliphatic rings. The lowest BCUT2D eigenvalue weighted by Crippen LogP contribution is -2.37. The predicted octanol–water partition coefficient (Wildman–Crippen LogP) is 4.23. The quantitative estimate of drug-likeness (QED) is 0.693. The van der Waals surface area contributed by atoms with Gasteiger partial charge >= 0.3 is 0 Å². The molecule has 0 spiro atoms. The van der Waals surface area contributed by atoms with Crippen molar-refractivity contribution in [2.75, 3.05) is 18.0 Å². The van der Waals surface area contributed by atoms with Gasteiger partial charge in [0.1, 0.15) is 0 Å². The molecule has 0 radical (unpaired) electrons. The second-order valence-corrected chi connectivity index (χ2v) is 5.47. The van der Waals surface area contributed by atoms with Gasteiger partial charge in [0, 0.05) is 30.3 Å². The Hall–Kier alpha value is -2.28. The molecule has 1 heteroatoms. The molecule has 2 heterocycles. The Bertz CT molecular complexity index is 682. The van der Waals surface area contributed by atoms with E-state index in [4.69, 9.17) is 0 Å². The van der Waals surface area contributed by atoms with Crippen molar-refractivity contribution in [1.29, 1.82) is 0 Å². The second kappa shape index (κ2) is 4.68. The molecule has 0 saturated carbocycles. The number of para-hydroxylation sites is 1. The van der Waals surface area contributed by atoms with Crippen molar-refractivity contribution in [2.45, 2.75) is 0 Å². The van der Waals surface area contributed by atoms with Gasteiger partial charge in [0.15, 0.2) is 0 Å². The molecule has 1 nitrogen and oxygen atoms in total. The highest BCUT2D eigenvalue weighted by molar-refractivity contribution is 5.91. The fraction of sp³-hybridized carbons (Fsp3) is 0.158. The van der Waals surface area contributed by atoms with E-state index < -0.39 is 0 Å². The van der Waals surface area contributed by atoms with Gasteiger partial charge in [-0.1, -0.05) is 66.8 Å². The Morgan fingerprint density at radius 2 is 1.75 bits per heavy atom. The molecular weight excluding hydrogens is 242 g/mol. The molecule has 0 fully saturated rings. The molecule has 0 aliphatic carbocycles. The summed E-state index contributed by atoms with van der Waals surface area (Å²) in [6.45, 7) is 2.14. The Morgan fingerprint density at radius 1 is 0.950 bits per heavy atom. The van der Waals surface area contributed by atoms with Crippen LogP contribution < -0.4 is 4.90 Å². The third kappa shape index (κ3) is 1.87. The van der Waals surface area contributed by atoms with Crippen molar-refractivity contribution in [2.24, 2.45) is 5.92 Å². The molecule has 0 aromatic heterocycles. The Morgan fingerprint density at radius 3 is 2.65 bits per heavy atom. The smallest absolute Gasteiger partial charge is 0.0445 e. The topological polar surface area (TPSA) is 3.24 Å². The number of hydrogen-bond acceptors (Lipinski definition) is 1. The molecule has 0 amide bonds. The summed E-state index contributed by atoms with van der Waals surface area (Å²) < 4.78 is 0. The number of hydrogen-bond donors (Lipinski definition) is 0. The fourth-order valence-electron chi connectivity index (χ4n) is 3.23. The van der Waals surface area contributed by atoms with E-state index in [-0.39, 0.29) is 0 Å². The monoisotopic (exact) mass is 259 g/mol. The molecule has 0 N–H and O–H groups in total. The summed E-state index contributed by atoms with van der Waals surface area (Å²) in [7, 11) is 0. The zero-order valence-electron chi connectivity index (χ0n) is 11.4. The zero-order valence-corrected chi connectivity index (χ0v) is 11.4. The maximum absolute atomic E-state index is 2.47. The Kier molecular flexibility index (Phi) is 2.70. The summed E-state index contributed by atoms with van der Waals surface area (Å²) in [4.78, 5) is 2.47. The van der Waals surface area contributed by atoms with Crippen LogP contribution in [0.4, 0.5) is 5.69 Å². The summed E-state index contributed by atoms with van der Waals surface area (Å²) in [5.41, 5.74) is 5.48. The molecule has 2 bridgehead atoms. The van der Waals surface area contributed by atoms with Gasteiger partial charge in [-0.05, 0) is 17.2 Å². The molecule has 1 atom stereocenters. The van der Waals surface area contributed by atoms with Crippen LogP contribution in [-0.2, 0) is 0 Å². The highest BCUT2D eigenvalue weighted by Crippen LogP contribution is 2.41. The van der Waals surface area contributed by atoms with Gasteiger partial charge in [0.2, 0.25) is 0 Å². The molecule has 2 aromatic rings. The first-order chi connectivity index (χ1) is 9.92. The van der Waals surface area contributed by atoms with E-state index in [1.807, 2.05) is 0 Å². The van der Waals surface area contributed by atoms with Crippen LogP contribution in [0.1, 0.15) is 11.1 Å². The van der Waals surface area contributed by atoms with Gasteiger partial charge in [0.25, 0.3) is 0 Å². The van der Waals surface area contributed by atoms with E-state index >= 15 is 0 Å². The average molecular weight is 259 g/mol. The van der Waals surface area contributed by atoms with Crippen LogP contribution in [0.25, 0.3) is 11.6 Å². The molecule has 2 aromatic carbocycles. The van der Waals surface area contributed by atoms with E-state index in [0.29, 0.717) is 5.92 Å². The Labute approximate surface area is 119 Å². The molecular formula is C19H17N. The SMILES string of the molecule is C1=C[C@H]2CN(C1)c1ccccc1/C2=C/c1ccccc1. The number of benzene rings is 2. The summed E-state index contributed by atoms with van der Waals surface area (Å²) in [6.07, 6.45) is 7.00. The van der Waals surface area contributed by atoms with Crippen LogP contribution in [-0.4, -0.2) is 13.1 Å². The minimum atomic E-state index is 0.513. The van der Waals surface area contributed by atoms with Gasteiger partial charge < -0.3 is 4.90 Å². The third-order valence-electron chi connectivity index (χ3n) is 4.19.